The molecule has 2 rings (SSSR count). The molecule has 2 atom stereocenters. The van der Waals surface area contributed by atoms with Crippen molar-refractivity contribution in [3.63, 3.8) is 0 Å². The second-order valence-electron chi connectivity index (χ2n) is 3.41. The molecule has 80 valence electrons. The van der Waals surface area contributed by atoms with Crippen LogP contribution in [0.5, 0.6) is 0 Å². The molecular formula is C12H14O3. The fourth-order valence-electron chi connectivity index (χ4n) is 1.45. The molecule has 0 fully saturated rings. The second-order valence-corrected chi connectivity index (χ2v) is 3.41. The molecule has 0 aliphatic carbocycles. The normalized spacial score (nSPS) is 22.1. The summed E-state index contributed by atoms with van der Waals surface area (Å²) in [7, 11) is 0. The highest BCUT2D eigenvalue weighted by Gasteiger charge is 2.17. The van der Waals surface area contributed by atoms with Gasteiger partial charge in [0.15, 0.2) is 6.29 Å². The molecule has 3 heteroatoms. The molecule has 1 aliphatic heterocycles. The van der Waals surface area contributed by atoms with E-state index < -0.39 is 6.29 Å². The molecular weight excluding hydrogens is 192 g/mol. The third-order valence-corrected chi connectivity index (χ3v) is 2.26. The van der Waals surface area contributed by atoms with Gasteiger partial charge in [-0.3, -0.25) is 0 Å². The van der Waals surface area contributed by atoms with E-state index in [-0.39, 0.29) is 6.29 Å². The molecule has 1 aromatic carbocycles. The first-order valence-electron chi connectivity index (χ1n) is 5.05. The Kier molecular flexibility index (Phi) is 3.37. The molecule has 0 spiro atoms. The summed E-state index contributed by atoms with van der Waals surface area (Å²) in [5, 5.41) is 9.75. The van der Waals surface area contributed by atoms with Gasteiger partial charge in [-0.2, -0.15) is 0 Å². The zero-order valence-corrected chi connectivity index (χ0v) is 8.37. The summed E-state index contributed by atoms with van der Waals surface area (Å²) >= 11 is 0. The number of benzene rings is 1. The maximum absolute atomic E-state index is 9.75. The van der Waals surface area contributed by atoms with Gasteiger partial charge in [-0.05, 0) is 12.5 Å². The van der Waals surface area contributed by atoms with Crippen molar-refractivity contribution < 1.29 is 14.6 Å². The first-order valence-corrected chi connectivity index (χ1v) is 5.05. The number of allylic oxidation sites excluding steroid dienone is 1. The minimum Gasteiger partial charge on any atom is -0.473 e. The summed E-state index contributed by atoms with van der Waals surface area (Å²) in [6.45, 7) is 0. The topological polar surface area (TPSA) is 38.7 Å². The fourth-order valence-corrected chi connectivity index (χ4v) is 1.45. The van der Waals surface area contributed by atoms with Crippen LogP contribution in [-0.4, -0.2) is 11.4 Å². The van der Waals surface area contributed by atoms with Gasteiger partial charge in [-0.1, -0.05) is 30.3 Å². The van der Waals surface area contributed by atoms with Crippen molar-refractivity contribution in [2.24, 2.45) is 0 Å². The highest BCUT2D eigenvalue weighted by molar-refractivity contribution is 5.15. The molecule has 0 amide bonds. The number of aliphatic hydroxyl groups excluding tert-OH is 1. The largest absolute Gasteiger partial charge is 0.473 e. The lowest BCUT2D eigenvalue weighted by atomic mass is 10.2. The van der Waals surface area contributed by atoms with Crippen LogP contribution in [0.4, 0.5) is 0 Å². The number of aliphatic hydroxyl groups is 1. The average molecular weight is 206 g/mol. The van der Waals surface area contributed by atoms with E-state index in [0.717, 1.165) is 18.4 Å². The van der Waals surface area contributed by atoms with Crippen molar-refractivity contribution in [1.82, 2.24) is 0 Å². The van der Waals surface area contributed by atoms with Crippen LogP contribution in [0.25, 0.3) is 0 Å². The first kappa shape index (κ1) is 10.2. The van der Waals surface area contributed by atoms with Gasteiger partial charge in [-0.25, -0.2) is 0 Å². The van der Waals surface area contributed by atoms with Gasteiger partial charge >= 0.3 is 0 Å². The van der Waals surface area contributed by atoms with Crippen LogP contribution in [0.2, 0.25) is 0 Å². The Balaban J connectivity index is 1.92. The van der Waals surface area contributed by atoms with E-state index >= 15 is 0 Å². The molecule has 0 radical (unpaired) electrons. The maximum atomic E-state index is 9.75. The molecule has 1 heterocycles. The van der Waals surface area contributed by atoms with Crippen LogP contribution in [0.15, 0.2) is 42.7 Å². The SMILES string of the molecule is OC(OC1CCC=CO1)c1ccccc1. The summed E-state index contributed by atoms with van der Waals surface area (Å²) < 4.78 is 10.6. The van der Waals surface area contributed by atoms with Gasteiger partial charge in [0.25, 0.3) is 0 Å². The van der Waals surface area contributed by atoms with Crippen LogP contribution in [0.1, 0.15) is 24.7 Å². The Hall–Kier alpha value is -1.32. The molecule has 1 N–H and O–H groups in total. The molecule has 1 aromatic rings. The molecule has 0 aromatic heterocycles. The van der Waals surface area contributed by atoms with Crippen molar-refractivity contribution in [3.8, 4) is 0 Å². The van der Waals surface area contributed by atoms with Gasteiger partial charge in [0.1, 0.15) is 0 Å². The van der Waals surface area contributed by atoms with E-state index in [4.69, 9.17) is 9.47 Å². The zero-order chi connectivity index (χ0) is 10.5. The number of rotatable bonds is 3. The Labute approximate surface area is 88.9 Å². The highest BCUT2D eigenvalue weighted by atomic mass is 16.7. The number of hydrogen-bond donors (Lipinski definition) is 1. The van der Waals surface area contributed by atoms with Crippen LogP contribution >= 0.6 is 0 Å². The van der Waals surface area contributed by atoms with Crippen molar-refractivity contribution in [1.29, 1.82) is 0 Å². The molecule has 0 saturated heterocycles. The predicted octanol–water partition coefficient (Wildman–Crippen LogP) is 2.34. The van der Waals surface area contributed by atoms with Crippen molar-refractivity contribution in [3.05, 3.63) is 48.2 Å². The molecule has 0 saturated carbocycles. The van der Waals surface area contributed by atoms with E-state index in [2.05, 4.69) is 0 Å². The maximum Gasteiger partial charge on any atom is 0.202 e. The Morgan fingerprint density at radius 1 is 1.33 bits per heavy atom. The molecule has 15 heavy (non-hydrogen) atoms. The monoisotopic (exact) mass is 206 g/mol. The van der Waals surface area contributed by atoms with Crippen molar-refractivity contribution in [2.75, 3.05) is 0 Å². The van der Waals surface area contributed by atoms with E-state index in [9.17, 15) is 5.11 Å². The van der Waals surface area contributed by atoms with Gasteiger partial charge in [0.2, 0.25) is 6.29 Å². The lowest BCUT2D eigenvalue weighted by molar-refractivity contribution is -0.218. The second kappa shape index (κ2) is 4.96. The number of hydrogen-bond acceptors (Lipinski definition) is 3. The lowest BCUT2D eigenvalue weighted by Gasteiger charge is -2.22. The van der Waals surface area contributed by atoms with E-state index in [1.165, 1.54) is 0 Å². The summed E-state index contributed by atoms with van der Waals surface area (Å²) in [5.41, 5.74) is 0.746. The van der Waals surface area contributed by atoms with Crippen LogP contribution in [-0.2, 0) is 9.47 Å². The summed E-state index contributed by atoms with van der Waals surface area (Å²) in [4.78, 5) is 0. The Morgan fingerprint density at radius 2 is 2.13 bits per heavy atom. The third kappa shape index (κ3) is 2.81. The van der Waals surface area contributed by atoms with Crippen LogP contribution in [0.3, 0.4) is 0 Å². The molecule has 2 unspecified atom stereocenters. The van der Waals surface area contributed by atoms with E-state index in [1.54, 1.807) is 6.26 Å². The zero-order valence-electron chi connectivity index (χ0n) is 8.37. The molecule has 3 nitrogen and oxygen atoms in total. The van der Waals surface area contributed by atoms with Crippen LogP contribution in [0, 0.1) is 0 Å². The summed E-state index contributed by atoms with van der Waals surface area (Å²) in [6.07, 6.45) is 4.00. The third-order valence-electron chi connectivity index (χ3n) is 2.26. The standard InChI is InChI=1S/C12H14O3/c13-12(10-6-2-1-3-7-10)15-11-8-4-5-9-14-11/h1-3,5-7,9,11-13H,4,8H2. The van der Waals surface area contributed by atoms with Gasteiger partial charge in [0.05, 0.1) is 6.26 Å². The Bertz CT molecular complexity index is 321. The van der Waals surface area contributed by atoms with Gasteiger partial charge in [0, 0.05) is 12.0 Å². The average Bonchev–Trinajstić information content (AvgIpc) is 2.31. The van der Waals surface area contributed by atoms with Gasteiger partial charge in [-0.15, -0.1) is 0 Å². The molecule has 1 aliphatic rings. The summed E-state index contributed by atoms with van der Waals surface area (Å²) in [6, 6.07) is 9.27. The van der Waals surface area contributed by atoms with Crippen LogP contribution < -0.4 is 0 Å². The van der Waals surface area contributed by atoms with Gasteiger partial charge < -0.3 is 14.6 Å². The quantitative estimate of drug-likeness (QED) is 0.771. The first-order chi connectivity index (χ1) is 7.36. The smallest absolute Gasteiger partial charge is 0.202 e. The van der Waals surface area contributed by atoms with Crippen molar-refractivity contribution in [2.45, 2.75) is 25.4 Å². The highest BCUT2D eigenvalue weighted by Crippen LogP contribution is 2.20. The predicted molar refractivity (Wildman–Crippen MR) is 55.7 cm³/mol. The summed E-state index contributed by atoms with van der Waals surface area (Å²) in [5.74, 6) is 0. The Morgan fingerprint density at radius 3 is 2.80 bits per heavy atom. The minimum atomic E-state index is -0.914. The van der Waals surface area contributed by atoms with Crippen molar-refractivity contribution >= 4 is 0 Å². The molecule has 0 bridgehead atoms. The van der Waals surface area contributed by atoms with E-state index in [0.29, 0.717) is 0 Å². The minimum absolute atomic E-state index is 0.342. The lowest BCUT2D eigenvalue weighted by Crippen LogP contribution is -2.19. The van der Waals surface area contributed by atoms with E-state index in [1.807, 2.05) is 36.4 Å². The fraction of sp³-hybridized carbons (Fsp3) is 0.333. The number of ether oxygens (including phenoxy) is 2.